The lowest BCUT2D eigenvalue weighted by Gasteiger charge is -2.43. The predicted octanol–water partition coefficient (Wildman–Crippen LogP) is 4.30. The first-order chi connectivity index (χ1) is 17.5. The molecule has 1 N–H and O–H groups in total. The second kappa shape index (κ2) is 13.1. The molecule has 2 aromatic carbocycles. The highest BCUT2D eigenvalue weighted by Crippen LogP contribution is 2.28. The summed E-state index contributed by atoms with van der Waals surface area (Å²) in [5, 5.41) is 7.22. The number of nitrogens with one attached hydrogen (secondary N) is 1. The molecule has 3 aromatic rings. The monoisotopic (exact) mass is 498 g/mol. The molecule has 1 amide bonds. The normalized spacial score (nSPS) is 23.3. The van der Waals surface area contributed by atoms with Gasteiger partial charge in [-0.15, -0.1) is 5.10 Å². The molecule has 10 heteroatoms. The van der Waals surface area contributed by atoms with Gasteiger partial charge in [-0.3, -0.25) is 5.32 Å². The standard InChI is InChI=1S/C24H28N4O6.C2H6/c1-15-19(30-2)20(31-3)21(32-4)23(33-15)34-24(29)26-17-10-12-18(13-11-17)28-14-25-22(27-28)16-8-6-5-7-9-16;1-2/h5-15,19-21,23H,1-4H3,(H,26,29);1-2H3/t15-,19-,20+,21+,23?;/m0./s1. The fourth-order valence-electron chi connectivity index (χ4n) is 3.97. The molecule has 194 valence electrons. The van der Waals surface area contributed by atoms with E-state index in [0.717, 1.165) is 11.3 Å². The van der Waals surface area contributed by atoms with E-state index in [1.54, 1.807) is 37.4 Å². The maximum absolute atomic E-state index is 12.5. The highest BCUT2D eigenvalue weighted by Gasteiger charge is 2.47. The van der Waals surface area contributed by atoms with Gasteiger partial charge in [0, 0.05) is 32.6 Å². The van der Waals surface area contributed by atoms with Gasteiger partial charge in [0.2, 0.25) is 6.29 Å². The predicted molar refractivity (Wildman–Crippen MR) is 135 cm³/mol. The Hall–Kier alpha value is -3.31. The lowest BCUT2D eigenvalue weighted by Crippen LogP contribution is -2.59. The van der Waals surface area contributed by atoms with Crippen molar-refractivity contribution in [3.8, 4) is 17.1 Å². The topological polar surface area (TPSA) is 106 Å². The second-order valence-electron chi connectivity index (χ2n) is 7.77. The van der Waals surface area contributed by atoms with Crippen LogP contribution in [0.5, 0.6) is 0 Å². The number of anilines is 1. The Bertz CT molecular complexity index is 1080. The summed E-state index contributed by atoms with van der Waals surface area (Å²) in [5.41, 5.74) is 2.28. The fourth-order valence-corrected chi connectivity index (χ4v) is 3.97. The van der Waals surface area contributed by atoms with Crippen molar-refractivity contribution in [2.75, 3.05) is 26.6 Å². The third-order valence-electron chi connectivity index (χ3n) is 5.67. The summed E-state index contributed by atoms with van der Waals surface area (Å²) in [6, 6.07) is 16.9. The smallest absolute Gasteiger partial charge is 0.414 e. The molecule has 10 nitrogen and oxygen atoms in total. The van der Waals surface area contributed by atoms with Crippen LogP contribution in [0.15, 0.2) is 60.9 Å². The average Bonchev–Trinajstić information content (AvgIpc) is 3.41. The second-order valence-corrected chi connectivity index (χ2v) is 7.77. The Kier molecular flexibility index (Phi) is 9.95. The molecular formula is C26H34N4O6. The van der Waals surface area contributed by atoms with Gasteiger partial charge in [-0.05, 0) is 31.2 Å². The molecule has 0 aliphatic carbocycles. The maximum atomic E-state index is 12.5. The van der Waals surface area contributed by atoms with E-state index in [-0.39, 0.29) is 12.2 Å². The minimum atomic E-state index is -0.956. The van der Waals surface area contributed by atoms with Crippen LogP contribution in [0.25, 0.3) is 17.1 Å². The number of aromatic nitrogens is 3. The zero-order chi connectivity index (χ0) is 26.1. The van der Waals surface area contributed by atoms with Gasteiger partial charge in [0.25, 0.3) is 0 Å². The Morgan fingerprint density at radius 2 is 1.56 bits per heavy atom. The number of hydrogen-bond donors (Lipinski definition) is 1. The fraction of sp³-hybridized carbons (Fsp3) is 0.423. The van der Waals surface area contributed by atoms with Gasteiger partial charge in [0.05, 0.1) is 11.8 Å². The first kappa shape index (κ1) is 27.3. The summed E-state index contributed by atoms with van der Waals surface area (Å²) in [6.45, 7) is 5.83. The van der Waals surface area contributed by atoms with Crippen LogP contribution in [0.2, 0.25) is 0 Å². The van der Waals surface area contributed by atoms with Crippen LogP contribution < -0.4 is 5.32 Å². The molecule has 0 radical (unpaired) electrons. The van der Waals surface area contributed by atoms with E-state index in [4.69, 9.17) is 23.7 Å². The van der Waals surface area contributed by atoms with Gasteiger partial charge in [0.15, 0.2) is 5.82 Å². The van der Waals surface area contributed by atoms with Crippen molar-refractivity contribution in [2.24, 2.45) is 0 Å². The molecule has 1 aliphatic rings. The minimum Gasteiger partial charge on any atom is -0.416 e. The molecule has 1 unspecified atom stereocenters. The van der Waals surface area contributed by atoms with Gasteiger partial charge in [0.1, 0.15) is 24.6 Å². The molecule has 0 saturated carbocycles. The van der Waals surface area contributed by atoms with Crippen molar-refractivity contribution in [2.45, 2.75) is 51.5 Å². The Balaban J connectivity index is 0.00000176. The van der Waals surface area contributed by atoms with Gasteiger partial charge in [-0.2, -0.15) is 0 Å². The number of amides is 1. The summed E-state index contributed by atoms with van der Waals surface area (Å²) in [5.74, 6) is 0.630. The van der Waals surface area contributed by atoms with E-state index in [0.29, 0.717) is 11.5 Å². The number of carbonyl (C=O) groups is 1. The number of hydrogen-bond acceptors (Lipinski definition) is 8. The van der Waals surface area contributed by atoms with Crippen LogP contribution in [-0.2, 0) is 23.7 Å². The highest BCUT2D eigenvalue weighted by molar-refractivity contribution is 5.84. The molecule has 1 aliphatic heterocycles. The summed E-state index contributed by atoms with van der Waals surface area (Å²) in [4.78, 5) is 16.9. The SMILES string of the molecule is CC.CO[C@@H]1[C@@H](OC)[C@@H](OC)C(OC(=O)Nc2ccc(-n3cnc(-c4ccccc4)n3)cc2)O[C@H]1C. The van der Waals surface area contributed by atoms with Crippen LogP contribution in [0.1, 0.15) is 20.8 Å². The number of benzene rings is 2. The van der Waals surface area contributed by atoms with E-state index in [9.17, 15) is 4.79 Å². The largest absolute Gasteiger partial charge is 0.416 e. The summed E-state index contributed by atoms with van der Waals surface area (Å²) in [6.07, 6.45) is -1.81. The van der Waals surface area contributed by atoms with E-state index < -0.39 is 24.6 Å². The first-order valence-corrected chi connectivity index (χ1v) is 11.8. The molecule has 36 heavy (non-hydrogen) atoms. The van der Waals surface area contributed by atoms with Crippen molar-refractivity contribution < 1.29 is 28.5 Å². The van der Waals surface area contributed by atoms with E-state index in [1.807, 2.05) is 63.2 Å². The first-order valence-electron chi connectivity index (χ1n) is 11.8. The molecule has 2 heterocycles. The number of rotatable bonds is 7. The Morgan fingerprint density at radius 3 is 2.17 bits per heavy atom. The van der Waals surface area contributed by atoms with Gasteiger partial charge < -0.3 is 23.7 Å². The van der Waals surface area contributed by atoms with Gasteiger partial charge in [-0.1, -0.05) is 44.2 Å². The molecule has 0 spiro atoms. The van der Waals surface area contributed by atoms with Crippen LogP contribution in [-0.4, -0.2) is 72.9 Å². The molecule has 0 bridgehead atoms. The number of carbonyl (C=O) groups excluding carboxylic acids is 1. The summed E-state index contributed by atoms with van der Waals surface area (Å²) < 4.78 is 29.5. The van der Waals surface area contributed by atoms with Crippen LogP contribution in [0.3, 0.4) is 0 Å². The molecule has 1 aromatic heterocycles. The van der Waals surface area contributed by atoms with Crippen LogP contribution in [0.4, 0.5) is 10.5 Å². The molecular weight excluding hydrogens is 464 g/mol. The lowest BCUT2D eigenvalue weighted by molar-refractivity contribution is -0.288. The van der Waals surface area contributed by atoms with E-state index in [2.05, 4.69) is 15.4 Å². The molecule has 1 saturated heterocycles. The van der Waals surface area contributed by atoms with Crippen molar-refractivity contribution in [1.29, 1.82) is 0 Å². The number of nitrogens with zero attached hydrogens (tertiary/aromatic N) is 3. The quantitative estimate of drug-likeness (QED) is 0.514. The van der Waals surface area contributed by atoms with Crippen LogP contribution >= 0.6 is 0 Å². The third kappa shape index (κ3) is 6.27. The third-order valence-corrected chi connectivity index (χ3v) is 5.67. The number of methoxy groups -OCH3 is 3. The summed E-state index contributed by atoms with van der Waals surface area (Å²) in [7, 11) is 4.63. The van der Waals surface area contributed by atoms with Crippen molar-refractivity contribution in [3.63, 3.8) is 0 Å². The average molecular weight is 499 g/mol. The van der Waals surface area contributed by atoms with Gasteiger partial charge >= 0.3 is 6.09 Å². The highest BCUT2D eigenvalue weighted by atomic mass is 16.7. The van der Waals surface area contributed by atoms with Crippen molar-refractivity contribution in [1.82, 2.24) is 14.8 Å². The Labute approximate surface area is 211 Å². The van der Waals surface area contributed by atoms with Gasteiger partial charge in [-0.25, -0.2) is 14.5 Å². The van der Waals surface area contributed by atoms with E-state index >= 15 is 0 Å². The van der Waals surface area contributed by atoms with Crippen molar-refractivity contribution >= 4 is 11.8 Å². The lowest BCUT2D eigenvalue weighted by atomic mass is 9.99. The molecule has 5 atom stereocenters. The van der Waals surface area contributed by atoms with Crippen molar-refractivity contribution in [3.05, 3.63) is 60.9 Å². The molecule has 1 fully saturated rings. The summed E-state index contributed by atoms with van der Waals surface area (Å²) >= 11 is 0. The molecule has 4 rings (SSSR count). The van der Waals surface area contributed by atoms with E-state index in [1.165, 1.54) is 7.11 Å². The van der Waals surface area contributed by atoms with Crippen LogP contribution in [0, 0.1) is 0 Å². The zero-order valence-corrected chi connectivity index (χ0v) is 21.5. The minimum absolute atomic E-state index is 0.357. The number of ether oxygens (including phenoxy) is 5. The Morgan fingerprint density at radius 1 is 0.917 bits per heavy atom. The zero-order valence-electron chi connectivity index (χ0n) is 21.5. The maximum Gasteiger partial charge on any atom is 0.414 e.